The van der Waals surface area contributed by atoms with Crippen molar-refractivity contribution in [1.82, 2.24) is 14.9 Å². The first-order valence-corrected chi connectivity index (χ1v) is 6.12. The Kier molecular flexibility index (Phi) is 6.53. The molecule has 0 bridgehead atoms. The molecule has 0 fully saturated rings. The summed E-state index contributed by atoms with van der Waals surface area (Å²) in [6, 6.07) is 0. The van der Waals surface area contributed by atoms with Gasteiger partial charge < -0.3 is 15.0 Å². The Morgan fingerprint density at radius 1 is 1.22 bits per heavy atom. The maximum absolute atomic E-state index is 11.4. The normalized spacial score (nSPS) is 10.2. The highest BCUT2D eigenvalue weighted by molar-refractivity contribution is 5.75. The van der Waals surface area contributed by atoms with E-state index < -0.39 is 5.97 Å². The third-order valence-corrected chi connectivity index (χ3v) is 2.52. The zero-order valence-corrected chi connectivity index (χ0v) is 10.3. The Bertz CT molecular complexity index is 363. The summed E-state index contributed by atoms with van der Waals surface area (Å²) in [4.78, 5) is 25.6. The molecule has 6 nitrogen and oxygen atoms in total. The molecule has 0 radical (unpaired) electrons. The predicted octanol–water partition coefficient (Wildman–Crippen LogP) is 1.03. The smallest absolute Gasteiger partial charge is 0.303 e. The Morgan fingerprint density at radius 3 is 2.67 bits per heavy atom. The van der Waals surface area contributed by atoms with Crippen molar-refractivity contribution in [3.63, 3.8) is 0 Å². The lowest BCUT2D eigenvalue weighted by Crippen LogP contribution is -2.24. The molecule has 1 aromatic heterocycles. The summed E-state index contributed by atoms with van der Waals surface area (Å²) in [7, 11) is 0. The number of carboxylic acid groups (broad SMARTS) is 1. The third kappa shape index (κ3) is 6.67. The van der Waals surface area contributed by atoms with Gasteiger partial charge in [0.1, 0.15) is 0 Å². The Balaban J connectivity index is 1.95. The number of carboxylic acids is 1. The number of aryl methyl sites for hydroxylation is 1. The number of rotatable bonds is 9. The first-order chi connectivity index (χ1) is 8.68. The first-order valence-electron chi connectivity index (χ1n) is 6.12. The van der Waals surface area contributed by atoms with Gasteiger partial charge in [-0.1, -0.05) is 0 Å². The minimum absolute atomic E-state index is 0.00831. The van der Waals surface area contributed by atoms with Crippen molar-refractivity contribution in [3.8, 4) is 0 Å². The van der Waals surface area contributed by atoms with E-state index in [0.29, 0.717) is 25.8 Å². The Morgan fingerprint density at radius 2 is 2.00 bits per heavy atom. The fourth-order valence-corrected chi connectivity index (χ4v) is 1.56. The molecule has 0 spiro atoms. The van der Waals surface area contributed by atoms with Crippen molar-refractivity contribution in [3.05, 3.63) is 18.7 Å². The second-order valence-electron chi connectivity index (χ2n) is 4.10. The highest BCUT2D eigenvalue weighted by Crippen LogP contribution is 1.99. The van der Waals surface area contributed by atoms with Crippen molar-refractivity contribution >= 4 is 11.9 Å². The van der Waals surface area contributed by atoms with Crippen LogP contribution >= 0.6 is 0 Å². The highest BCUT2D eigenvalue weighted by Gasteiger charge is 2.02. The van der Waals surface area contributed by atoms with Crippen LogP contribution in [0.3, 0.4) is 0 Å². The number of hydrogen-bond donors (Lipinski definition) is 2. The van der Waals surface area contributed by atoms with Crippen LogP contribution in [0.5, 0.6) is 0 Å². The number of imidazole rings is 1. The van der Waals surface area contributed by atoms with Crippen LogP contribution < -0.4 is 5.32 Å². The monoisotopic (exact) mass is 253 g/mol. The van der Waals surface area contributed by atoms with Gasteiger partial charge in [-0.05, 0) is 19.3 Å². The molecule has 0 aliphatic rings. The Hall–Kier alpha value is -1.85. The zero-order valence-electron chi connectivity index (χ0n) is 10.3. The van der Waals surface area contributed by atoms with Crippen molar-refractivity contribution in [2.75, 3.05) is 6.54 Å². The maximum Gasteiger partial charge on any atom is 0.303 e. The summed E-state index contributed by atoms with van der Waals surface area (Å²) in [5, 5.41) is 11.2. The van der Waals surface area contributed by atoms with E-state index in [1.165, 1.54) is 0 Å². The summed E-state index contributed by atoms with van der Waals surface area (Å²) in [5.41, 5.74) is 0. The lowest BCUT2D eigenvalue weighted by atomic mass is 10.2. The van der Waals surface area contributed by atoms with Gasteiger partial charge in [-0.3, -0.25) is 9.59 Å². The van der Waals surface area contributed by atoms with E-state index in [1.807, 2.05) is 10.8 Å². The number of nitrogens with one attached hydrogen (secondary N) is 1. The fraction of sp³-hybridized carbons (Fsp3) is 0.583. The molecule has 0 aliphatic carbocycles. The number of nitrogens with zero attached hydrogens (tertiary/aromatic N) is 2. The van der Waals surface area contributed by atoms with Crippen LogP contribution in [0.1, 0.15) is 32.1 Å². The molecule has 2 N–H and O–H groups in total. The van der Waals surface area contributed by atoms with Crippen LogP contribution in [0.25, 0.3) is 0 Å². The van der Waals surface area contributed by atoms with Gasteiger partial charge in [0.15, 0.2) is 0 Å². The summed E-state index contributed by atoms with van der Waals surface area (Å²) >= 11 is 0. The van der Waals surface area contributed by atoms with Crippen LogP contribution in [0.15, 0.2) is 18.7 Å². The van der Waals surface area contributed by atoms with E-state index in [2.05, 4.69) is 10.3 Å². The number of unbranched alkanes of at least 4 members (excludes halogenated alkanes) is 1. The zero-order chi connectivity index (χ0) is 13.2. The van der Waals surface area contributed by atoms with Gasteiger partial charge in [-0.15, -0.1) is 0 Å². The summed E-state index contributed by atoms with van der Waals surface area (Å²) in [6.07, 6.45) is 7.92. The molecule has 0 atom stereocenters. The van der Waals surface area contributed by atoms with Gasteiger partial charge in [0.05, 0.1) is 6.33 Å². The maximum atomic E-state index is 11.4. The molecule has 18 heavy (non-hydrogen) atoms. The topological polar surface area (TPSA) is 84.2 Å². The van der Waals surface area contributed by atoms with Crippen LogP contribution in [0.4, 0.5) is 0 Å². The molecule has 1 rings (SSSR count). The second-order valence-corrected chi connectivity index (χ2v) is 4.10. The third-order valence-electron chi connectivity index (χ3n) is 2.52. The van der Waals surface area contributed by atoms with Crippen LogP contribution in [-0.2, 0) is 16.1 Å². The SMILES string of the molecule is O=C(O)CCCCC(=O)NCCCn1ccnc1. The van der Waals surface area contributed by atoms with Gasteiger partial charge in [0, 0.05) is 38.3 Å². The number of carbonyl (C=O) groups is 2. The van der Waals surface area contributed by atoms with Gasteiger partial charge >= 0.3 is 5.97 Å². The molecular weight excluding hydrogens is 234 g/mol. The van der Waals surface area contributed by atoms with Crippen molar-refractivity contribution in [2.24, 2.45) is 0 Å². The molecule has 1 heterocycles. The number of carbonyl (C=O) groups excluding carboxylic acids is 1. The molecule has 0 saturated heterocycles. The Labute approximate surface area is 106 Å². The number of aromatic nitrogens is 2. The van der Waals surface area contributed by atoms with E-state index in [0.717, 1.165) is 13.0 Å². The molecule has 0 aliphatic heterocycles. The largest absolute Gasteiger partial charge is 0.481 e. The average molecular weight is 253 g/mol. The summed E-state index contributed by atoms with van der Waals surface area (Å²) < 4.78 is 1.96. The van der Waals surface area contributed by atoms with Crippen LogP contribution in [0.2, 0.25) is 0 Å². The van der Waals surface area contributed by atoms with E-state index in [-0.39, 0.29) is 12.3 Å². The molecular formula is C12H19N3O3. The second kappa shape index (κ2) is 8.27. The van der Waals surface area contributed by atoms with Crippen molar-refractivity contribution in [1.29, 1.82) is 0 Å². The molecule has 100 valence electrons. The van der Waals surface area contributed by atoms with E-state index in [1.54, 1.807) is 12.5 Å². The van der Waals surface area contributed by atoms with E-state index >= 15 is 0 Å². The van der Waals surface area contributed by atoms with E-state index in [4.69, 9.17) is 5.11 Å². The standard InChI is InChI=1S/C12H19N3O3/c16-11(4-1-2-5-12(17)18)14-6-3-8-15-9-7-13-10-15/h7,9-10H,1-6,8H2,(H,14,16)(H,17,18). The lowest BCUT2D eigenvalue weighted by Gasteiger charge is -2.05. The minimum Gasteiger partial charge on any atom is -0.481 e. The van der Waals surface area contributed by atoms with E-state index in [9.17, 15) is 9.59 Å². The minimum atomic E-state index is -0.809. The number of amides is 1. The molecule has 6 heteroatoms. The van der Waals surface area contributed by atoms with Gasteiger partial charge in [-0.2, -0.15) is 0 Å². The molecule has 0 saturated carbocycles. The summed E-state index contributed by atoms with van der Waals surface area (Å²) in [6.45, 7) is 1.47. The van der Waals surface area contributed by atoms with Crippen LogP contribution in [0, 0.1) is 0 Å². The number of aliphatic carboxylic acids is 1. The van der Waals surface area contributed by atoms with Gasteiger partial charge in [-0.25, -0.2) is 4.98 Å². The molecule has 1 amide bonds. The van der Waals surface area contributed by atoms with Gasteiger partial charge in [0.2, 0.25) is 5.91 Å². The molecule has 0 aromatic carbocycles. The van der Waals surface area contributed by atoms with Crippen LogP contribution in [-0.4, -0.2) is 33.1 Å². The van der Waals surface area contributed by atoms with Gasteiger partial charge in [0.25, 0.3) is 0 Å². The highest BCUT2D eigenvalue weighted by atomic mass is 16.4. The fourth-order valence-electron chi connectivity index (χ4n) is 1.56. The molecule has 0 unspecified atom stereocenters. The first kappa shape index (κ1) is 14.2. The van der Waals surface area contributed by atoms with Crippen molar-refractivity contribution in [2.45, 2.75) is 38.6 Å². The number of hydrogen-bond acceptors (Lipinski definition) is 3. The average Bonchev–Trinajstić information content (AvgIpc) is 2.83. The molecule has 1 aromatic rings. The lowest BCUT2D eigenvalue weighted by molar-refractivity contribution is -0.137. The van der Waals surface area contributed by atoms with Crippen molar-refractivity contribution < 1.29 is 14.7 Å². The quantitative estimate of drug-likeness (QED) is 0.644. The predicted molar refractivity (Wildman–Crippen MR) is 66.0 cm³/mol. The summed E-state index contributed by atoms with van der Waals surface area (Å²) in [5.74, 6) is -0.818.